The number of nitrogens with one attached hydrogen (secondary N) is 1. The lowest BCUT2D eigenvalue weighted by Crippen LogP contribution is -2.28. The molecule has 0 heterocycles. The van der Waals surface area contributed by atoms with E-state index < -0.39 is 22.6 Å². The lowest BCUT2D eigenvalue weighted by molar-refractivity contribution is -0.118. The number of rotatable bonds is 9. The molecule has 1 amide bonds. The monoisotopic (exact) mass is 512 g/mol. The van der Waals surface area contributed by atoms with Gasteiger partial charge in [-0.25, -0.2) is 13.0 Å². The molecule has 192 valence electrons. The van der Waals surface area contributed by atoms with Crippen molar-refractivity contribution in [1.82, 2.24) is 9.62 Å². The molecular formula is C29H34F2N2O2S. The Hall–Kier alpha value is -2.90. The molecule has 0 saturated heterocycles. The second-order valence-corrected chi connectivity index (χ2v) is 11.1. The first kappa shape index (κ1) is 27.7. The number of hydrogen-bond acceptors (Lipinski definition) is 3. The van der Waals surface area contributed by atoms with Gasteiger partial charge in [-0.3, -0.25) is 9.52 Å². The van der Waals surface area contributed by atoms with Crippen LogP contribution in [0.4, 0.5) is 8.78 Å². The molecule has 0 bridgehead atoms. The highest BCUT2D eigenvalue weighted by atomic mass is 32.2. The Morgan fingerprint density at radius 2 is 1.44 bits per heavy atom. The standard InChI is InChI=1S/C29H34F2N2O2S/c1-18(2)24-13-22(21-9-12-27(30)28(31)15-21)14-25(19(3)4)26(24)16-29(34)32-36(35)23-10-7-20(8-11-23)17-33(5)6/h7-15,18-19H,16-17H2,1-6H3,(H,32,34). The fraction of sp³-hybridized carbons (Fsp3) is 0.345. The molecule has 0 aliphatic rings. The van der Waals surface area contributed by atoms with Crippen molar-refractivity contribution in [1.29, 1.82) is 0 Å². The van der Waals surface area contributed by atoms with E-state index in [1.807, 2.05) is 71.0 Å². The summed E-state index contributed by atoms with van der Waals surface area (Å²) in [4.78, 5) is 15.6. The second-order valence-electron chi connectivity index (χ2n) is 9.92. The molecule has 3 aromatic rings. The average Bonchev–Trinajstić information content (AvgIpc) is 2.80. The highest BCUT2D eigenvalue weighted by Crippen LogP contribution is 2.34. The molecule has 0 aliphatic heterocycles. The van der Waals surface area contributed by atoms with Gasteiger partial charge in [-0.2, -0.15) is 0 Å². The smallest absolute Gasteiger partial charge is 0.236 e. The molecule has 1 atom stereocenters. The van der Waals surface area contributed by atoms with Gasteiger partial charge in [0.2, 0.25) is 5.91 Å². The van der Waals surface area contributed by atoms with Crippen molar-refractivity contribution in [2.24, 2.45) is 0 Å². The zero-order valence-corrected chi connectivity index (χ0v) is 22.5. The van der Waals surface area contributed by atoms with E-state index in [1.165, 1.54) is 6.07 Å². The molecule has 0 saturated carbocycles. The number of benzene rings is 3. The Morgan fingerprint density at radius 1 is 0.861 bits per heavy atom. The van der Waals surface area contributed by atoms with E-state index in [2.05, 4.69) is 4.72 Å². The van der Waals surface area contributed by atoms with Crippen molar-refractivity contribution >= 4 is 16.9 Å². The van der Waals surface area contributed by atoms with Gasteiger partial charge in [0.25, 0.3) is 0 Å². The molecule has 3 rings (SSSR count). The maximum Gasteiger partial charge on any atom is 0.236 e. The summed E-state index contributed by atoms with van der Waals surface area (Å²) >= 11 is 0. The topological polar surface area (TPSA) is 49.4 Å². The van der Waals surface area contributed by atoms with Crippen LogP contribution in [0.1, 0.15) is 61.8 Å². The van der Waals surface area contributed by atoms with Gasteiger partial charge in [-0.1, -0.05) is 58.0 Å². The summed E-state index contributed by atoms with van der Waals surface area (Å²) in [6, 6.07) is 15.1. The van der Waals surface area contributed by atoms with Crippen LogP contribution in [0.2, 0.25) is 0 Å². The molecule has 0 aliphatic carbocycles. The average molecular weight is 513 g/mol. The van der Waals surface area contributed by atoms with Crippen LogP contribution >= 0.6 is 0 Å². The Kier molecular flexibility index (Phi) is 9.14. The molecule has 36 heavy (non-hydrogen) atoms. The summed E-state index contributed by atoms with van der Waals surface area (Å²) in [5, 5.41) is 0. The van der Waals surface area contributed by atoms with E-state index in [1.54, 1.807) is 18.2 Å². The van der Waals surface area contributed by atoms with E-state index in [4.69, 9.17) is 0 Å². The van der Waals surface area contributed by atoms with Crippen molar-refractivity contribution in [3.05, 3.63) is 88.5 Å². The van der Waals surface area contributed by atoms with Crippen molar-refractivity contribution < 1.29 is 17.8 Å². The van der Waals surface area contributed by atoms with Crippen molar-refractivity contribution in [2.45, 2.75) is 57.4 Å². The quantitative estimate of drug-likeness (QED) is 0.365. The minimum atomic E-state index is -1.67. The lowest BCUT2D eigenvalue weighted by atomic mass is 9.84. The van der Waals surface area contributed by atoms with Crippen LogP contribution in [-0.4, -0.2) is 29.1 Å². The van der Waals surface area contributed by atoms with Gasteiger partial charge in [-0.05, 0) is 83.6 Å². The Labute approximate surface area is 215 Å². The second kappa shape index (κ2) is 11.9. The fourth-order valence-electron chi connectivity index (χ4n) is 4.24. The first-order valence-electron chi connectivity index (χ1n) is 12.0. The maximum absolute atomic E-state index is 13.9. The van der Waals surface area contributed by atoms with Gasteiger partial charge in [0.1, 0.15) is 0 Å². The van der Waals surface area contributed by atoms with Crippen LogP contribution in [0.3, 0.4) is 0 Å². The fourth-order valence-corrected chi connectivity index (χ4v) is 5.02. The number of nitrogens with zero attached hydrogens (tertiary/aromatic N) is 1. The van der Waals surface area contributed by atoms with E-state index in [0.29, 0.717) is 10.5 Å². The molecule has 3 aromatic carbocycles. The Morgan fingerprint density at radius 3 is 1.94 bits per heavy atom. The first-order chi connectivity index (χ1) is 17.0. The normalized spacial score (nSPS) is 12.4. The molecule has 0 fully saturated rings. The zero-order valence-electron chi connectivity index (χ0n) is 21.7. The van der Waals surface area contributed by atoms with Gasteiger partial charge in [0.05, 0.1) is 11.3 Å². The van der Waals surface area contributed by atoms with Gasteiger partial charge in [0, 0.05) is 6.54 Å². The SMILES string of the molecule is CC(C)c1cc(-c2ccc(F)c(F)c2)cc(C(C)C)c1CC(=O)NS(=O)c1ccc(CN(C)C)cc1. The van der Waals surface area contributed by atoms with Gasteiger partial charge in [0.15, 0.2) is 22.6 Å². The molecule has 0 aromatic heterocycles. The minimum absolute atomic E-state index is 0.0730. The van der Waals surface area contributed by atoms with Gasteiger partial charge in [-0.15, -0.1) is 0 Å². The highest BCUT2D eigenvalue weighted by Gasteiger charge is 2.20. The molecule has 4 nitrogen and oxygen atoms in total. The van der Waals surface area contributed by atoms with Gasteiger partial charge < -0.3 is 4.90 Å². The number of carbonyl (C=O) groups excluding carboxylic acids is 1. The zero-order chi connectivity index (χ0) is 26.6. The molecule has 0 radical (unpaired) electrons. The molecule has 7 heteroatoms. The summed E-state index contributed by atoms with van der Waals surface area (Å²) in [5.74, 6) is -1.95. The third kappa shape index (κ3) is 6.86. The third-order valence-corrected chi connectivity index (χ3v) is 7.11. The summed E-state index contributed by atoms with van der Waals surface area (Å²) in [6.07, 6.45) is 0.0730. The van der Waals surface area contributed by atoms with Crippen LogP contribution in [-0.2, 0) is 28.7 Å². The van der Waals surface area contributed by atoms with Crippen LogP contribution < -0.4 is 4.72 Å². The number of halogens is 2. The van der Waals surface area contributed by atoms with E-state index in [0.717, 1.165) is 40.4 Å². The minimum Gasteiger partial charge on any atom is -0.305 e. The van der Waals surface area contributed by atoms with Gasteiger partial charge >= 0.3 is 0 Å². The number of amides is 1. The largest absolute Gasteiger partial charge is 0.305 e. The Balaban J connectivity index is 1.88. The predicted octanol–water partition coefficient (Wildman–Crippen LogP) is 6.32. The third-order valence-electron chi connectivity index (χ3n) is 6.00. The molecule has 0 spiro atoms. The first-order valence-corrected chi connectivity index (χ1v) is 13.2. The van der Waals surface area contributed by atoms with E-state index in [9.17, 15) is 17.8 Å². The van der Waals surface area contributed by atoms with Crippen molar-refractivity contribution in [2.75, 3.05) is 14.1 Å². The number of carbonyl (C=O) groups is 1. The maximum atomic E-state index is 13.9. The Bertz CT molecular complexity index is 1230. The summed E-state index contributed by atoms with van der Waals surface area (Å²) in [6.45, 7) is 8.90. The van der Waals surface area contributed by atoms with E-state index in [-0.39, 0.29) is 24.2 Å². The van der Waals surface area contributed by atoms with Crippen molar-refractivity contribution in [3.8, 4) is 11.1 Å². The van der Waals surface area contributed by atoms with Crippen LogP contribution in [0.25, 0.3) is 11.1 Å². The molecule has 1 N–H and O–H groups in total. The summed E-state index contributed by atoms with van der Waals surface area (Å²) in [5.41, 5.74) is 5.22. The summed E-state index contributed by atoms with van der Waals surface area (Å²) < 4.78 is 42.8. The van der Waals surface area contributed by atoms with Crippen LogP contribution in [0.15, 0.2) is 59.5 Å². The lowest BCUT2D eigenvalue weighted by Gasteiger charge is -2.22. The van der Waals surface area contributed by atoms with Crippen LogP contribution in [0.5, 0.6) is 0 Å². The van der Waals surface area contributed by atoms with Crippen molar-refractivity contribution in [3.63, 3.8) is 0 Å². The van der Waals surface area contributed by atoms with Crippen LogP contribution in [0, 0.1) is 11.6 Å². The predicted molar refractivity (Wildman–Crippen MR) is 142 cm³/mol. The van der Waals surface area contributed by atoms with E-state index >= 15 is 0 Å². The highest BCUT2D eigenvalue weighted by molar-refractivity contribution is 7.83. The number of hydrogen-bond donors (Lipinski definition) is 1. The molecule has 1 unspecified atom stereocenters. The summed E-state index contributed by atoms with van der Waals surface area (Å²) in [7, 11) is 2.29. The molecular weight excluding hydrogens is 478 g/mol.